The van der Waals surface area contributed by atoms with Crippen molar-refractivity contribution in [2.24, 2.45) is 0 Å². The quantitative estimate of drug-likeness (QED) is 0.886. The van der Waals surface area contributed by atoms with E-state index in [0.717, 1.165) is 37.4 Å². The minimum atomic E-state index is 0.104. The zero-order valence-corrected chi connectivity index (χ0v) is 16.1. The SMILES string of the molecule is Cc1c(NC(C)c2csc(C(C)(C)C)n2)cnn1C1CCOCC1. The van der Waals surface area contributed by atoms with Crippen molar-refractivity contribution in [3.63, 3.8) is 0 Å². The Morgan fingerprint density at radius 3 is 2.67 bits per heavy atom. The van der Waals surface area contributed by atoms with Crippen LogP contribution < -0.4 is 5.32 Å². The van der Waals surface area contributed by atoms with Crippen LogP contribution in [0.5, 0.6) is 0 Å². The molecule has 0 saturated carbocycles. The van der Waals surface area contributed by atoms with Crippen LogP contribution >= 0.6 is 11.3 Å². The fourth-order valence-corrected chi connectivity index (χ4v) is 4.00. The Kier molecular flexibility index (Phi) is 4.97. The van der Waals surface area contributed by atoms with E-state index in [1.54, 1.807) is 11.3 Å². The molecule has 1 atom stereocenters. The number of aromatic nitrogens is 3. The summed E-state index contributed by atoms with van der Waals surface area (Å²) in [5.41, 5.74) is 3.49. The predicted octanol–water partition coefficient (Wildman–Crippen LogP) is 4.47. The van der Waals surface area contributed by atoms with Gasteiger partial charge in [-0.3, -0.25) is 4.68 Å². The fraction of sp³-hybridized carbons (Fsp3) is 0.667. The molecule has 1 saturated heterocycles. The van der Waals surface area contributed by atoms with Gasteiger partial charge in [-0.25, -0.2) is 4.98 Å². The highest BCUT2D eigenvalue weighted by Gasteiger charge is 2.22. The third-order valence-electron chi connectivity index (χ3n) is 4.56. The molecule has 0 spiro atoms. The minimum Gasteiger partial charge on any atom is -0.381 e. The van der Waals surface area contributed by atoms with Crippen molar-refractivity contribution in [3.8, 4) is 0 Å². The van der Waals surface area contributed by atoms with Crippen molar-refractivity contribution in [3.05, 3.63) is 28.0 Å². The molecule has 0 aromatic carbocycles. The number of anilines is 1. The average molecular weight is 349 g/mol. The van der Waals surface area contributed by atoms with E-state index in [0.29, 0.717) is 6.04 Å². The first-order valence-corrected chi connectivity index (χ1v) is 9.58. The molecule has 0 amide bonds. The maximum absolute atomic E-state index is 5.46. The van der Waals surface area contributed by atoms with Crippen LogP contribution in [0.4, 0.5) is 5.69 Å². The molecule has 24 heavy (non-hydrogen) atoms. The van der Waals surface area contributed by atoms with Crippen LogP contribution in [0.1, 0.15) is 69.0 Å². The van der Waals surface area contributed by atoms with Gasteiger partial charge in [0.15, 0.2) is 0 Å². The van der Waals surface area contributed by atoms with Crippen molar-refractivity contribution < 1.29 is 4.74 Å². The van der Waals surface area contributed by atoms with E-state index in [4.69, 9.17) is 9.72 Å². The maximum Gasteiger partial charge on any atom is 0.0982 e. The molecule has 0 bridgehead atoms. The zero-order chi connectivity index (χ0) is 17.3. The van der Waals surface area contributed by atoms with Crippen molar-refractivity contribution in [1.29, 1.82) is 0 Å². The molecule has 1 aliphatic heterocycles. The van der Waals surface area contributed by atoms with E-state index in [-0.39, 0.29) is 11.5 Å². The van der Waals surface area contributed by atoms with Gasteiger partial charge in [0.25, 0.3) is 0 Å². The Bertz CT molecular complexity index is 679. The Labute approximate surface area is 148 Å². The van der Waals surface area contributed by atoms with E-state index < -0.39 is 0 Å². The number of hydrogen-bond donors (Lipinski definition) is 1. The summed E-state index contributed by atoms with van der Waals surface area (Å²) in [5.74, 6) is 0. The Morgan fingerprint density at radius 1 is 1.33 bits per heavy atom. The van der Waals surface area contributed by atoms with Crippen LogP contribution in [0.2, 0.25) is 0 Å². The number of ether oxygens (including phenoxy) is 1. The van der Waals surface area contributed by atoms with Gasteiger partial charge < -0.3 is 10.1 Å². The van der Waals surface area contributed by atoms with Crippen molar-refractivity contribution in [2.45, 2.75) is 65.0 Å². The van der Waals surface area contributed by atoms with Crippen LogP contribution in [0.25, 0.3) is 0 Å². The third-order valence-corrected chi connectivity index (χ3v) is 5.85. The Hall–Kier alpha value is -1.40. The second kappa shape index (κ2) is 6.84. The summed E-state index contributed by atoms with van der Waals surface area (Å²) in [6.45, 7) is 12.6. The highest BCUT2D eigenvalue weighted by Crippen LogP contribution is 2.30. The van der Waals surface area contributed by atoms with Crippen molar-refractivity contribution in [1.82, 2.24) is 14.8 Å². The molecule has 2 aromatic heterocycles. The van der Waals surface area contributed by atoms with Crippen molar-refractivity contribution in [2.75, 3.05) is 18.5 Å². The molecule has 6 heteroatoms. The number of rotatable bonds is 4. The highest BCUT2D eigenvalue weighted by atomic mass is 32.1. The van der Waals surface area contributed by atoms with E-state index in [1.165, 1.54) is 10.7 Å². The molecule has 1 fully saturated rings. The first-order chi connectivity index (χ1) is 11.4. The molecular formula is C18H28N4OS. The largest absolute Gasteiger partial charge is 0.381 e. The molecule has 1 N–H and O–H groups in total. The number of nitrogens with zero attached hydrogens (tertiary/aromatic N) is 3. The molecule has 2 aromatic rings. The molecule has 1 unspecified atom stereocenters. The summed E-state index contributed by atoms with van der Waals surface area (Å²) < 4.78 is 7.61. The lowest BCUT2D eigenvalue weighted by Crippen LogP contribution is -2.21. The summed E-state index contributed by atoms with van der Waals surface area (Å²) in [7, 11) is 0. The number of nitrogens with one attached hydrogen (secondary N) is 1. The average Bonchev–Trinajstić information content (AvgIpc) is 3.16. The predicted molar refractivity (Wildman–Crippen MR) is 98.9 cm³/mol. The lowest BCUT2D eigenvalue weighted by atomic mass is 9.98. The highest BCUT2D eigenvalue weighted by molar-refractivity contribution is 7.09. The molecule has 132 valence electrons. The molecule has 5 nitrogen and oxygen atoms in total. The standard InChI is InChI=1S/C18H28N4OS/c1-12(16-11-24-17(21-16)18(3,4)5)20-15-10-19-22(13(15)2)14-6-8-23-9-7-14/h10-12,14,20H,6-9H2,1-5H3. The topological polar surface area (TPSA) is 52.0 Å². The monoisotopic (exact) mass is 348 g/mol. The smallest absolute Gasteiger partial charge is 0.0982 e. The van der Waals surface area contributed by atoms with E-state index in [2.05, 4.69) is 55.1 Å². The molecule has 0 aliphatic carbocycles. The zero-order valence-electron chi connectivity index (χ0n) is 15.3. The van der Waals surface area contributed by atoms with Crippen LogP contribution in [-0.4, -0.2) is 28.0 Å². The summed E-state index contributed by atoms with van der Waals surface area (Å²) in [6.07, 6.45) is 4.02. The molecule has 3 rings (SSSR count). The van der Waals surface area contributed by atoms with Gasteiger partial charge in [0, 0.05) is 24.0 Å². The molecule has 1 aliphatic rings. The van der Waals surface area contributed by atoms with Gasteiger partial charge in [-0.05, 0) is 26.7 Å². The third kappa shape index (κ3) is 3.64. The van der Waals surface area contributed by atoms with Crippen molar-refractivity contribution >= 4 is 17.0 Å². The minimum absolute atomic E-state index is 0.104. The van der Waals surface area contributed by atoms with Crippen LogP contribution in [0.15, 0.2) is 11.6 Å². The van der Waals surface area contributed by atoms with Gasteiger partial charge in [0.05, 0.1) is 40.4 Å². The molecular weight excluding hydrogens is 320 g/mol. The summed E-state index contributed by atoms with van der Waals surface area (Å²) in [4.78, 5) is 4.82. The molecule has 0 radical (unpaired) electrons. The van der Waals surface area contributed by atoms with E-state index >= 15 is 0 Å². The summed E-state index contributed by atoms with van der Waals surface area (Å²) >= 11 is 1.74. The second-order valence-electron chi connectivity index (χ2n) is 7.63. The maximum atomic E-state index is 5.46. The first-order valence-electron chi connectivity index (χ1n) is 8.70. The van der Waals surface area contributed by atoms with Gasteiger partial charge in [-0.15, -0.1) is 11.3 Å². The van der Waals surface area contributed by atoms with Gasteiger partial charge in [0.2, 0.25) is 0 Å². The lowest BCUT2D eigenvalue weighted by Gasteiger charge is -2.24. The summed E-state index contributed by atoms with van der Waals surface area (Å²) in [5, 5.41) is 11.5. The van der Waals surface area contributed by atoms with Gasteiger partial charge >= 0.3 is 0 Å². The van der Waals surface area contributed by atoms with Crippen LogP contribution in [0.3, 0.4) is 0 Å². The number of hydrogen-bond acceptors (Lipinski definition) is 5. The lowest BCUT2D eigenvalue weighted by molar-refractivity contribution is 0.0657. The normalized spacial score (nSPS) is 17.9. The van der Waals surface area contributed by atoms with E-state index in [1.807, 2.05) is 6.20 Å². The second-order valence-corrected chi connectivity index (χ2v) is 8.48. The number of thiazole rings is 1. The van der Waals surface area contributed by atoms with Crippen LogP contribution in [0, 0.1) is 6.92 Å². The van der Waals surface area contributed by atoms with Gasteiger partial charge in [-0.1, -0.05) is 20.8 Å². The fourth-order valence-electron chi connectivity index (χ4n) is 3.00. The Morgan fingerprint density at radius 2 is 2.04 bits per heavy atom. The first kappa shape index (κ1) is 17.4. The van der Waals surface area contributed by atoms with Gasteiger partial charge in [-0.2, -0.15) is 5.10 Å². The summed E-state index contributed by atoms with van der Waals surface area (Å²) in [6, 6.07) is 0.625. The Balaban J connectivity index is 1.71. The van der Waals surface area contributed by atoms with E-state index in [9.17, 15) is 0 Å². The van der Waals surface area contributed by atoms with Gasteiger partial charge in [0.1, 0.15) is 0 Å². The molecule has 3 heterocycles. The van der Waals surface area contributed by atoms with Crippen LogP contribution in [-0.2, 0) is 10.2 Å².